The average Bonchev–Trinajstić information content (AvgIpc) is 3.61. The van der Waals surface area contributed by atoms with Crippen LogP contribution in [0, 0.1) is 28.9 Å². The van der Waals surface area contributed by atoms with Gasteiger partial charge in [-0.2, -0.15) is 0 Å². The van der Waals surface area contributed by atoms with E-state index in [0.29, 0.717) is 48.2 Å². The van der Waals surface area contributed by atoms with Gasteiger partial charge < -0.3 is 23.9 Å². The number of ether oxygens (including phenoxy) is 3. The number of aromatic carboxylic acids is 1. The van der Waals surface area contributed by atoms with Crippen LogP contribution in [0.2, 0.25) is 0 Å². The standard InChI is InChI=1S/C34H28F2N4O5S/c1-34(18-43-19-34)9-7-23-15-37-32(46-23)17-45-31-4-2-3-27(39-31)24-14-25(35)21(11-26(24)36)13-30-38-28-6-5-20(33(41)42)12-29(28)40(30)16-22-8-10-44-22/h2-6,11-12,14-15,22H,8,10,13,16-19H2,1H3,(H,41,42)/t22-/m0/s1. The Hall–Kier alpha value is -4.70. The van der Waals surface area contributed by atoms with Crippen molar-refractivity contribution in [1.29, 1.82) is 0 Å². The van der Waals surface area contributed by atoms with Crippen molar-refractivity contribution in [2.75, 3.05) is 19.8 Å². The number of nitrogens with zero attached hydrogens (tertiary/aromatic N) is 4. The number of halogens is 2. The molecule has 2 fully saturated rings. The largest absolute Gasteiger partial charge is 0.478 e. The molecule has 1 N–H and O–H groups in total. The molecule has 234 valence electrons. The molecule has 0 bridgehead atoms. The molecule has 5 heterocycles. The first kappa shape index (κ1) is 30.0. The van der Waals surface area contributed by atoms with Crippen LogP contribution in [0.1, 0.15) is 45.0 Å². The summed E-state index contributed by atoms with van der Waals surface area (Å²) in [4.78, 5) is 25.8. The van der Waals surface area contributed by atoms with Crippen molar-refractivity contribution >= 4 is 28.3 Å². The predicted octanol–water partition coefficient (Wildman–Crippen LogP) is 5.88. The van der Waals surface area contributed by atoms with E-state index in [2.05, 4.69) is 33.7 Å². The molecular formula is C34H28F2N4O5S. The van der Waals surface area contributed by atoms with Crippen LogP contribution in [-0.4, -0.2) is 56.5 Å². The van der Waals surface area contributed by atoms with Crippen LogP contribution in [-0.2, 0) is 29.0 Å². The number of hydrogen-bond acceptors (Lipinski definition) is 8. The summed E-state index contributed by atoms with van der Waals surface area (Å²) in [5, 5.41) is 10.2. The summed E-state index contributed by atoms with van der Waals surface area (Å²) in [6.07, 6.45) is 2.49. The number of aromatic nitrogens is 4. The summed E-state index contributed by atoms with van der Waals surface area (Å²) in [6.45, 7) is 4.53. The molecule has 1 atom stereocenters. The number of imidazole rings is 1. The minimum Gasteiger partial charge on any atom is -0.478 e. The molecule has 2 aromatic carbocycles. The molecule has 7 rings (SSSR count). The topological polar surface area (TPSA) is 109 Å². The van der Waals surface area contributed by atoms with E-state index in [9.17, 15) is 9.90 Å². The summed E-state index contributed by atoms with van der Waals surface area (Å²) < 4.78 is 49.6. The number of carbonyl (C=O) groups is 1. The van der Waals surface area contributed by atoms with Gasteiger partial charge in [-0.1, -0.05) is 17.9 Å². The maximum atomic E-state index is 15.5. The molecular weight excluding hydrogens is 614 g/mol. The Kier molecular flexibility index (Phi) is 7.98. The normalized spacial score (nSPS) is 16.7. The highest BCUT2D eigenvalue weighted by Gasteiger charge is 2.31. The number of benzene rings is 2. The van der Waals surface area contributed by atoms with E-state index in [0.717, 1.165) is 23.4 Å². The predicted molar refractivity (Wildman–Crippen MR) is 166 cm³/mol. The highest BCUT2D eigenvalue weighted by molar-refractivity contribution is 7.12. The number of carboxylic acid groups (broad SMARTS) is 1. The second kappa shape index (κ2) is 12.2. The van der Waals surface area contributed by atoms with E-state index in [1.165, 1.54) is 17.4 Å². The smallest absolute Gasteiger partial charge is 0.335 e. The zero-order valence-corrected chi connectivity index (χ0v) is 25.6. The Morgan fingerprint density at radius 1 is 1.17 bits per heavy atom. The van der Waals surface area contributed by atoms with Crippen molar-refractivity contribution in [2.45, 2.75) is 39.0 Å². The molecule has 0 aliphatic carbocycles. The Bertz CT molecular complexity index is 2020. The van der Waals surface area contributed by atoms with Gasteiger partial charge in [0.25, 0.3) is 0 Å². The molecule has 0 saturated carbocycles. The number of thiazole rings is 1. The quantitative estimate of drug-likeness (QED) is 0.199. The van der Waals surface area contributed by atoms with Gasteiger partial charge in [-0.15, -0.1) is 11.3 Å². The van der Waals surface area contributed by atoms with E-state index in [1.54, 1.807) is 36.5 Å². The summed E-state index contributed by atoms with van der Waals surface area (Å²) in [5.74, 6) is 4.77. The molecule has 2 aliphatic heterocycles. The number of fused-ring (bicyclic) bond motifs is 1. The zero-order chi connectivity index (χ0) is 31.8. The van der Waals surface area contributed by atoms with Crippen molar-refractivity contribution in [2.24, 2.45) is 5.41 Å². The number of hydrogen-bond donors (Lipinski definition) is 1. The molecule has 0 radical (unpaired) electrons. The van der Waals surface area contributed by atoms with Gasteiger partial charge in [0, 0.05) is 24.7 Å². The van der Waals surface area contributed by atoms with E-state index in [1.807, 2.05) is 4.57 Å². The fraction of sp³-hybridized carbons (Fsp3) is 0.294. The lowest BCUT2D eigenvalue weighted by atomic mass is 9.90. The zero-order valence-electron chi connectivity index (χ0n) is 24.8. The molecule has 12 heteroatoms. The molecule has 5 aromatic rings. The van der Waals surface area contributed by atoms with Gasteiger partial charge in [0.05, 0.1) is 64.6 Å². The third kappa shape index (κ3) is 6.22. The highest BCUT2D eigenvalue weighted by atomic mass is 32.1. The van der Waals surface area contributed by atoms with Gasteiger partial charge in [0.15, 0.2) is 0 Å². The Morgan fingerprint density at radius 3 is 2.76 bits per heavy atom. The van der Waals surface area contributed by atoms with Crippen molar-refractivity contribution in [1.82, 2.24) is 19.5 Å². The van der Waals surface area contributed by atoms with E-state index < -0.39 is 17.6 Å². The maximum Gasteiger partial charge on any atom is 0.335 e. The van der Waals surface area contributed by atoms with Gasteiger partial charge in [0.2, 0.25) is 5.88 Å². The maximum absolute atomic E-state index is 15.5. The lowest BCUT2D eigenvalue weighted by Crippen LogP contribution is -2.38. The van der Waals surface area contributed by atoms with Crippen LogP contribution in [0.15, 0.2) is 54.7 Å². The van der Waals surface area contributed by atoms with Gasteiger partial charge in [-0.25, -0.2) is 28.5 Å². The van der Waals surface area contributed by atoms with Gasteiger partial charge in [0.1, 0.15) is 29.1 Å². The van der Waals surface area contributed by atoms with Crippen LogP contribution in [0.4, 0.5) is 8.78 Å². The summed E-state index contributed by atoms with van der Waals surface area (Å²) in [6, 6.07) is 11.8. The molecule has 9 nitrogen and oxygen atoms in total. The summed E-state index contributed by atoms with van der Waals surface area (Å²) >= 11 is 1.42. The van der Waals surface area contributed by atoms with Crippen molar-refractivity contribution < 1.29 is 32.9 Å². The van der Waals surface area contributed by atoms with Crippen molar-refractivity contribution in [3.8, 4) is 29.0 Å². The van der Waals surface area contributed by atoms with Crippen LogP contribution in [0.3, 0.4) is 0 Å². The average molecular weight is 643 g/mol. The molecule has 3 aromatic heterocycles. The lowest BCUT2D eigenvalue weighted by Gasteiger charge is -2.32. The van der Waals surface area contributed by atoms with Crippen LogP contribution >= 0.6 is 11.3 Å². The van der Waals surface area contributed by atoms with Crippen molar-refractivity contribution in [3.63, 3.8) is 0 Å². The first-order valence-electron chi connectivity index (χ1n) is 14.7. The molecule has 0 unspecified atom stereocenters. The van der Waals surface area contributed by atoms with E-state index in [-0.39, 0.29) is 52.8 Å². The monoisotopic (exact) mass is 642 g/mol. The van der Waals surface area contributed by atoms with Crippen molar-refractivity contribution in [3.05, 3.63) is 93.2 Å². The van der Waals surface area contributed by atoms with Gasteiger partial charge in [-0.3, -0.25) is 0 Å². The number of rotatable bonds is 9. The SMILES string of the molecule is CC1(C#Cc2cnc(COc3cccc(-c4cc(F)c(Cc5nc6ccc(C(=O)O)cc6n5C[C@@H]5CCO5)cc4F)n3)s2)COC1. The summed E-state index contributed by atoms with van der Waals surface area (Å²) in [7, 11) is 0. The minimum absolute atomic E-state index is 0.00336. The number of carboxylic acids is 1. The van der Waals surface area contributed by atoms with Gasteiger partial charge >= 0.3 is 5.97 Å². The lowest BCUT2D eigenvalue weighted by molar-refractivity contribution is -0.0648. The first-order chi connectivity index (χ1) is 22.2. The Labute approximate surface area is 266 Å². The fourth-order valence-corrected chi connectivity index (χ4v) is 5.96. The second-order valence-corrected chi connectivity index (χ2v) is 12.7. The van der Waals surface area contributed by atoms with Crippen LogP contribution in [0.5, 0.6) is 5.88 Å². The van der Waals surface area contributed by atoms with Gasteiger partial charge in [-0.05, 0) is 55.3 Å². The highest BCUT2D eigenvalue weighted by Crippen LogP contribution is 2.30. The molecule has 46 heavy (non-hydrogen) atoms. The Balaban J connectivity index is 1.09. The van der Waals surface area contributed by atoms with Crippen LogP contribution in [0.25, 0.3) is 22.3 Å². The third-order valence-corrected chi connectivity index (χ3v) is 8.85. The Morgan fingerprint density at radius 2 is 2.02 bits per heavy atom. The molecule has 0 amide bonds. The molecule has 2 aliphatic rings. The van der Waals surface area contributed by atoms with E-state index in [4.69, 9.17) is 14.2 Å². The first-order valence-corrected chi connectivity index (χ1v) is 15.5. The second-order valence-electron chi connectivity index (χ2n) is 11.6. The molecule has 0 spiro atoms. The van der Waals surface area contributed by atoms with Crippen LogP contribution < -0.4 is 4.74 Å². The van der Waals surface area contributed by atoms with E-state index >= 15 is 8.78 Å². The fourth-order valence-electron chi connectivity index (χ4n) is 5.28. The summed E-state index contributed by atoms with van der Waals surface area (Å²) in [5.41, 5.74) is 1.49. The minimum atomic E-state index is -1.06. The third-order valence-electron chi connectivity index (χ3n) is 7.96. The molecule has 2 saturated heterocycles. The number of pyridine rings is 1.